The van der Waals surface area contributed by atoms with Crippen molar-refractivity contribution in [1.82, 2.24) is 5.32 Å². The van der Waals surface area contributed by atoms with E-state index in [1.807, 2.05) is 0 Å². The molecule has 3 nitrogen and oxygen atoms in total. The molecule has 0 radical (unpaired) electrons. The van der Waals surface area contributed by atoms with Crippen molar-refractivity contribution in [1.29, 1.82) is 0 Å². The lowest BCUT2D eigenvalue weighted by Crippen LogP contribution is -2.16. The van der Waals surface area contributed by atoms with Crippen LogP contribution in [0.4, 0.5) is 0 Å². The number of carbonyl (C=O) groups excluding carboxylic acids is 1. The van der Waals surface area contributed by atoms with Crippen molar-refractivity contribution in [3.8, 4) is 0 Å². The van der Waals surface area contributed by atoms with Gasteiger partial charge in [-0.3, -0.25) is 4.79 Å². The van der Waals surface area contributed by atoms with Crippen LogP contribution in [-0.2, 0) is 9.53 Å². The molecule has 0 spiro atoms. The van der Waals surface area contributed by atoms with E-state index in [0.29, 0.717) is 18.9 Å². The Morgan fingerprint density at radius 3 is 1.49 bits per heavy atom. The maximum absolute atomic E-state index is 12.3. The molecule has 0 aliphatic carbocycles. The standard InChI is InChI=1S/C32H65NO2/c1-4-7-10-13-17-21-26-31(25-20-11-8-5-2)30-35-32(34)27-22-18-15-14-16-19-24-29-33-28-23-12-9-6-3/h31,33H,4-30H2,1-3H3. The molecule has 0 aliphatic rings. The van der Waals surface area contributed by atoms with Gasteiger partial charge in [-0.15, -0.1) is 0 Å². The molecule has 1 atom stereocenters. The smallest absolute Gasteiger partial charge is 0.305 e. The molecule has 0 aromatic heterocycles. The third-order valence-corrected chi connectivity index (χ3v) is 7.35. The summed E-state index contributed by atoms with van der Waals surface area (Å²) >= 11 is 0. The second-order valence-corrected chi connectivity index (χ2v) is 11.0. The number of carbonyl (C=O) groups is 1. The second kappa shape index (κ2) is 29.7. The molecule has 3 heteroatoms. The average Bonchev–Trinajstić information content (AvgIpc) is 2.86. The molecule has 0 heterocycles. The highest BCUT2D eigenvalue weighted by atomic mass is 16.5. The van der Waals surface area contributed by atoms with Gasteiger partial charge in [-0.1, -0.05) is 136 Å². The van der Waals surface area contributed by atoms with Gasteiger partial charge in [-0.25, -0.2) is 0 Å². The number of esters is 1. The second-order valence-electron chi connectivity index (χ2n) is 11.0. The summed E-state index contributed by atoms with van der Waals surface area (Å²) in [6, 6.07) is 0. The summed E-state index contributed by atoms with van der Waals surface area (Å²) in [5.74, 6) is 0.615. The molecule has 1 N–H and O–H groups in total. The van der Waals surface area contributed by atoms with Gasteiger partial charge in [0.05, 0.1) is 6.61 Å². The summed E-state index contributed by atoms with van der Waals surface area (Å²) in [6.07, 6.45) is 30.5. The molecule has 0 fully saturated rings. The van der Waals surface area contributed by atoms with Crippen molar-refractivity contribution in [3.63, 3.8) is 0 Å². The SMILES string of the molecule is CCCCCCCCC(CCCCCC)COC(=O)CCCCCCCCCNCCCCCC. The Morgan fingerprint density at radius 2 is 0.943 bits per heavy atom. The summed E-state index contributed by atoms with van der Waals surface area (Å²) in [7, 11) is 0. The van der Waals surface area contributed by atoms with E-state index in [0.717, 1.165) is 6.42 Å². The Bertz CT molecular complexity index is 412. The Hall–Kier alpha value is -0.570. The summed E-state index contributed by atoms with van der Waals surface area (Å²) in [5, 5.41) is 3.57. The fourth-order valence-corrected chi connectivity index (χ4v) is 4.87. The van der Waals surface area contributed by atoms with E-state index >= 15 is 0 Å². The molecular weight excluding hydrogens is 430 g/mol. The van der Waals surface area contributed by atoms with E-state index in [9.17, 15) is 4.79 Å². The third kappa shape index (κ3) is 27.9. The maximum Gasteiger partial charge on any atom is 0.305 e. The molecule has 0 amide bonds. The predicted molar refractivity (Wildman–Crippen MR) is 155 cm³/mol. The largest absolute Gasteiger partial charge is 0.465 e. The zero-order chi connectivity index (χ0) is 25.7. The zero-order valence-electron chi connectivity index (χ0n) is 24.5. The Morgan fingerprint density at radius 1 is 0.543 bits per heavy atom. The summed E-state index contributed by atoms with van der Waals surface area (Å²) in [6.45, 7) is 9.84. The van der Waals surface area contributed by atoms with Gasteiger partial charge in [-0.2, -0.15) is 0 Å². The predicted octanol–water partition coefficient (Wildman–Crippen LogP) is 10.2. The minimum Gasteiger partial charge on any atom is -0.465 e. The summed E-state index contributed by atoms with van der Waals surface area (Å²) < 4.78 is 5.72. The number of ether oxygens (including phenoxy) is 1. The van der Waals surface area contributed by atoms with Crippen molar-refractivity contribution in [2.75, 3.05) is 19.7 Å². The lowest BCUT2D eigenvalue weighted by molar-refractivity contribution is -0.145. The first-order valence-electron chi connectivity index (χ1n) is 16.1. The van der Waals surface area contributed by atoms with Crippen LogP contribution >= 0.6 is 0 Å². The van der Waals surface area contributed by atoms with Crippen molar-refractivity contribution >= 4 is 5.97 Å². The normalized spacial score (nSPS) is 12.2. The van der Waals surface area contributed by atoms with Crippen LogP contribution in [0.25, 0.3) is 0 Å². The van der Waals surface area contributed by atoms with Crippen molar-refractivity contribution in [2.45, 2.75) is 175 Å². The van der Waals surface area contributed by atoms with E-state index in [1.54, 1.807) is 0 Å². The molecule has 35 heavy (non-hydrogen) atoms. The van der Waals surface area contributed by atoms with Gasteiger partial charge in [0.2, 0.25) is 0 Å². The summed E-state index contributed by atoms with van der Waals surface area (Å²) in [5.41, 5.74) is 0. The monoisotopic (exact) mass is 496 g/mol. The lowest BCUT2D eigenvalue weighted by atomic mass is 9.95. The van der Waals surface area contributed by atoms with Crippen LogP contribution in [0, 0.1) is 5.92 Å². The number of hydrogen-bond donors (Lipinski definition) is 1. The fourth-order valence-electron chi connectivity index (χ4n) is 4.87. The van der Waals surface area contributed by atoms with Crippen LogP contribution in [0.3, 0.4) is 0 Å². The van der Waals surface area contributed by atoms with Crippen molar-refractivity contribution in [2.24, 2.45) is 5.92 Å². The van der Waals surface area contributed by atoms with Crippen molar-refractivity contribution < 1.29 is 9.53 Å². The Kier molecular flexibility index (Phi) is 29.2. The highest BCUT2D eigenvalue weighted by molar-refractivity contribution is 5.69. The number of nitrogens with one attached hydrogen (secondary N) is 1. The molecule has 0 aromatic rings. The van der Waals surface area contributed by atoms with Gasteiger partial charge in [0, 0.05) is 6.42 Å². The Labute approximate surface area is 221 Å². The topological polar surface area (TPSA) is 38.3 Å². The highest BCUT2D eigenvalue weighted by Crippen LogP contribution is 2.20. The van der Waals surface area contributed by atoms with Crippen LogP contribution in [0.15, 0.2) is 0 Å². The van der Waals surface area contributed by atoms with Gasteiger partial charge in [0.1, 0.15) is 0 Å². The van der Waals surface area contributed by atoms with E-state index < -0.39 is 0 Å². The molecule has 0 saturated heterocycles. The van der Waals surface area contributed by atoms with Crippen molar-refractivity contribution in [3.05, 3.63) is 0 Å². The third-order valence-electron chi connectivity index (χ3n) is 7.35. The average molecular weight is 496 g/mol. The zero-order valence-corrected chi connectivity index (χ0v) is 24.5. The van der Waals surface area contributed by atoms with Crippen LogP contribution in [0.2, 0.25) is 0 Å². The minimum absolute atomic E-state index is 0.0384. The van der Waals surface area contributed by atoms with Crippen LogP contribution in [0.5, 0.6) is 0 Å². The van der Waals surface area contributed by atoms with Gasteiger partial charge in [0.15, 0.2) is 0 Å². The number of unbranched alkanes of at least 4 members (excludes halogenated alkanes) is 17. The Balaban J connectivity index is 3.68. The minimum atomic E-state index is 0.0384. The molecule has 210 valence electrons. The molecule has 0 rings (SSSR count). The molecular formula is C32H65NO2. The van der Waals surface area contributed by atoms with Gasteiger partial charge in [-0.05, 0) is 51.1 Å². The van der Waals surface area contributed by atoms with Gasteiger partial charge in [0.25, 0.3) is 0 Å². The first-order chi connectivity index (χ1) is 17.2. The number of hydrogen-bond acceptors (Lipinski definition) is 3. The van der Waals surface area contributed by atoms with Crippen LogP contribution < -0.4 is 5.32 Å². The number of rotatable bonds is 29. The highest BCUT2D eigenvalue weighted by Gasteiger charge is 2.12. The quantitative estimate of drug-likeness (QED) is 0.0828. The van der Waals surface area contributed by atoms with Gasteiger partial charge < -0.3 is 10.1 Å². The molecule has 0 aliphatic heterocycles. The molecule has 0 aromatic carbocycles. The van der Waals surface area contributed by atoms with Gasteiger partial charge >= 0.3 is 5.97 Å². The lowest BCUT2D eigenvalue weighted by Gasteiger charge is -2.17. The summed E-state index contributed by atoms with van der Waals surface area (Å²) in [4.78, 5) is 12.3. The molecule has 0 saturated carbocycles. The van der Waals surface area contributed by atoms with Crippen LogP contribution in [-0.4, -0.2) is 25.7 Å². The molecule has 1 unspecified atom stereocenters. The first kappa shape index (κ1) is 34.4. The maximum atomic E-state index is 12.3. The van der Waals surface area contributed by atoms with E-state index in [-0.39, 0.29) is 5.97 Å². The van der Waals surface area contributed by atoms with E-state index in [2.05, 4.69) is 26.1 Å². The fraction of sp³-hybridized carbons (Fsp3) is 0.969. The first-order valence-corrected chi connectivity index (χ1v) is 16.1. The molecule has 0 bridgehead atoms. The van der Waals surface area contributed by atoms with Crippen LogP contribution in [0.1, 0.15) is 175 Å². The van der Waals surface area contributed by atoms with E-state index in [1.165, 1.54) is 154 Å². The van der Waals surface area contributed by atoms with E-state index in [4.69, 9.17) is 4.74 Å².